The minimum atomic E-state index is 0.694. The molecule has 0 radical (unpaired) electrons. The van der Waals surface area contributed by atoms with Crippen LogP contribution in [0.3, 0.4) is 0 Å². The van der Waals surface area contributed by atoms with Crippen LogP contribution in [0, 0.1) is 11.8 Å². The normalized spacial score (nSPS) is 23.3. The van der Waals surface area contributed by atoms with Crippen LogP contribution >= 0.6 is 0 Å². The summed E-state index contributed by atoms with van der Waals surface area (Å²) in [6.45, 7) is 9.30. The second-order valence-electron chi connectivity index (χ2n) is 4.65. The van der Waals surface area contributed by atoms with Crippen LogP contribution in [0.2, 0.25) is 0 Å². The van der Waals surface area contributed by atoms with Gasteiger partial charge in [-0.15, -0.1) is 0 Å². The van der Waals surface area contributed by atoms with Crippen LogP contribution in [-0.4, -0.2) is 31.1 Å². The van der Waals surface area contributed by atoms with Crippen LogP contribution in [0.5, 0.6) is 0 Å². The van der Waals surface area contributed by atoms with E-state index in [9.17, 15) is 0 Å². The van der Waals surface area contributed by atoms with Gasteiger partial charge in [-0.05, 0) is 57.3 Å². The van der Waals surface area contributed by atoms with Gasteiger partial charge >= 0.3 is 0 Å². The Morgan fingerprint density at radius 3 is 2.54 bits per heavy atom. The van der Waals surface area contributed by atoms with Gasteiger partial charge < -0.3 is 10.6 Å². The monoisotopic (exact) mass is 184 g/mol. The van der Waals surface area contributed by atoms with Gasteiger partial charge in [-0.25, -0.2) is 0 Å². The molecule has 13 heavy (non-hydrogen) atoms. The topological polar surface area (TPSA) is 29.3 Å². The van der Waals surface area contributed by atoms with Crippen molar-refractivity contribution in [3.05, 3.63) is 0 Å². The summed E-state index contributed by atoms with van der Waals surface area (Å²) in [7, 11) is 0. The Morgan fingerprint density at radius 1 is 1.38 bits per heavy atom. The van der Waals surface area contributed by atoms with Crippen molar-refractivity contribution < 1.29 is 0 Å². The van der Waals surface area contributed by atoms with Gasteiger partial charge in [-0.1, -0.05) is 13.8 Å². The summed E-state index contributed by atoms with van der Waals surface area (Å²) >= 11 is 0. The molecule has 1 atom stereocenters. The van der Waals surface area contributed by atoms with Gasteiger partial charge in [-0.2, -0.15) is 0 Å². The largest absolute Gasteiger partial charge is 0.330 e. The van der Waals surface area contributed by atoms with Crippen LogP contribution in [0.1, 0.15) is 33.1 Å². The molecule has 0 aromatic carbocycles. The zero-order valence-electron chi connectivity index (χ0n) is 9.13. The maximum atomic E-state index is 5.59. The summed E-state index contributed by atoms with van der Waals surface area (Å²) in [4.78, 5) is 2.59. The maximum absolute atomic E-state index is 5.59. The van der Waals surface area contributed by atoms with Crippen molar-refractivity contribution >= 4 is 0 Å². The Labute approximate surface area is 82.5 Å². The third-order valence-corrected chi connectivity index (χ3v) is 3.22. The lowest BCUT2D eigenvalue weighted by atomic mass is 9.98. The predicted molar refractivity (Wildman–Crippen MR) is 57.7 cm³/mol. The number of rotatable bonds is 4. The minimum absolute atomic E-state index is 0.694. The highest BCUT2D eigenvalue weighted by molar-refractivity contribution is 4.70. The fraction of sp³-hybridized carbons (Fsp3) is 1.00. The highest BCUT2D eigenvalue weighted by Crippen LogP contribution is 2.16. The quantitative estimate of drug-likeness (QED) is 0.720. The zero-order chi connectivity index (χ0) is 9.68. The molecule has 0 amide bonds. The Bertz CT molecular complexity index is 128. The molecular weight excluding hydrogens is 160 g/mol. The molecule has 0 saturated carbocycles. The third-order valence-electron chi connectivity index (χ3n) is 3.22. The van der Waals surface area contributed by atoms with Crippen LogP contribution in [0.15, 0.2) is 0 Å². The van der Waals surface area contributed by atoms with Crippen LogP contribution < -0.4 is 5.73 Å². The standard InChI is InChI=1S/C11H24N2/c1-10-3-6-13(7-4-10)8-5-11(2)9-12/h10-11H,3-9,12H2,1-2H3. The molecule has 1 rings (SSSR count). The van der Waals surface area contributed by atoms with E-state index in [0.717, 1.165) is 12.5 Å². The van der Waals surface area contributed by atoms with E-state index in [0.29, 0.717) is 5.92 Å². The molecule has 1 aliphatic rings. The van der Waals surface area contributed by atoms with Gasteiger partial charge in [-0.3, -0.25) is 0 Å². The Kier molecular flexibility index (Phi) is 4.74. The van der Waals surface area contributed by atoms with Gasteiger partial charge in [0.1, 0.15) is 0 Å². The summed E-state index contributed by atoms with van der Waals surface area (Å²) in [5, 5.41) is 0. The summed E-state index contributed by atoms with van der Waals surface area (Å²) < 4.78 is 0. The molecule has 0 aliphatic carbocycles. The number of hydrogen-bond acceptors (Lipinski definition) is 2. The van der Waals surface area contributed by atoms with Crippen molar-refractivity contribution in [3.8, 4) is 0 Å². The molecule has 78 valence electrons. The first-order valence-corrected chi connectivity index (χ1v) is 5.64. The van der Waals surface area contributed by atoms with Gasteiger partial charge in [0.05, 0.1) is 0 Å². The van der Waals surface area contributed by atoms with Crippen LogP contribution in [0.4, 0.5) is 0 Å². The van der Waals surface area contributed by atoms with Crippen molar-refractivity contribution in [2.75, 3.05) is 26.2 Å². The van der Waals surface area contributed by atoms with Crippen molar-refractivity contribution in [2.45, 2.75) is 33.1 Å². The third kappa shape index (κ3) is 4.10. The highest BCUT2D eigenvalue weighted by atomic mass is 15.1. The predicted octanol–water partition coefficient (Wildman–Crippen LogP) is 1.70. The molecule has 0 bridgehead atoms. The number of nitrogens with zero attached hydrogens (tertiary/aromatic N) is 1. The Hall–Kier alpha value is -0.0800. The second kappa shape index (κ2) is 5.61. The van der Waals surface area contributed by atoms with Gasteiger partial charge in [0.15, 0.2) is 0 Å². The Balaban J connectivity index is 2.08. The van der Waals surface area contributed by atoms with E-state index in [1.165, 1.54) is 38.9 Å². The molecule has 2 N–H and O–H groups in total. The number of piperidine rings is 1. The molecule has 0 aromatic rings. The molecular formula is C11H24N2. The van der Waals surface area contributed by atoms with E-state index in [1.807, 2.05) is 0 Å². The average molecular weight is 184 g/mol. The highest BCUT2D eigenvalue weighted by Gasteiger charge is 2.15. The Morgan fingerprint density at radius 2 is 2.00 bits per heavy atom. The van der Waals surface area contributed by atoms with Crippen molar-refractivity contribution in [1.82, 2.24) is 4.90 Å². The zero-order valence-corrected chi connectivity index (χ0v) is 9.13. The van der Waals surface area contributed by atoms with Crippen molar-refractivity contribution in [1.29, 1.82) is 0 Å². The summed E-state index contributed by atoms with van der Waals surface area (Å²) in [6, 6.07) is 0. The first-order valence-electron chi connectivity index (χ1n) is 5.64. The SMILES string of the molecule is CC(CN)CCN1CCC(C)CC1. The van der Waals surface area contributed by atoms with E-state index >= 15 is 0 Å². The van der Waals surface area contributed by atoms with E-state index < -0.39 is 0 Å². The molecule has 1 unspecified atom stereocenters. The first kappa shape index (κ1) is 11.0. The van der Waals surface area contributed by atoms with Crippen LogP contribution in [0.25, 0.3) is 0 Å². The first-order chi connectivity index (χ1) is 6.22. The van der Waals surface area contributed by atoms with Gasteiger partial charge in [0.2, 0.25) is 0 Å². The van der Waals surface area contributed by atoms with Crippen molar-refractivity contribution in [3.63, 3.8) is 0 Å². The summed E-state index contributed by atoms with van der Waals surface area (Å²) in [5.41, 5.74) is 5.59. The van der Waals surface area contributed by atoms with E-state index in [1.54, 1.807) is 0 Å². The van der Waals surface area contributed by atoms with E-state index in [2.05, 4.69) is 18.7 Å². The number of nitrogens with two attached hydrogens (primary N) is 1. The maximum Gasteiger partial charge on any atom is -0.00157 e. The summed E-state index contributed by atoms with van der Waals surface area (Å²) in [5.74, 6) is 1.64. The van der Waals surface area contributed by atoms with Crippen LogP contribution in [-0.2, 0) is 0 Å². The lowest BCUT2D eigenvalue weighted by molar-refractivity contribution is 0.183. The minimum Gasteiger partial charge on any atom is -0.330 e. The van der Waals surface area contributed by atoms with E-state index in [4.69, 9.17) is 5.73 Å². The molecule has 0 spiro atoms. The molecule has 2 heteroatoms. The summed E-state index contributed by atoms with van der Waals surface area (Å²) in [6.07, 6.45) is 4.04. The van der Waals surface area contributed by atoms with Crippen molar-refractivity contribution in [2.24, 2.45) is 17.6 Å². The molecule has 1 aliphatic heterocycles. The fourth-order valence-corrected chi connectivity index (χ4v) is 1.81. The smallest absolute Gasteiger partial charge is 0.00157 e. The van der Waals surface area contributed by atoms with E-state index in [-0.39, 0.29) is 0 Å². The van der Waals surface area contributed by atoms with Gasteiger partial charge in [0, 0.05) is 0 Å². The second-order valence-corrected chi connectivity index (χ2v) is 4.65. The molecule has 1 fully saturated rings. The lowest BCUT2D eigenvalue weighted by Crippen LogP contribution is -2.34. The number of hydrogen-bond donors (Lipinski definition) is 1. The van der Waals surface area contributed by atoms with Gasteiger partial charge in [0.25, 0.3) is 0 Å². The lowest BCUT2D eigenvalue weighted by Gasteiger charge is -2.30. The molecule has 1 heterocycles. The average Bonchev–Trinajstić information content (AvgIpc) is 2.16. The number of likely N-dealkylation sites (tertiary alicyclic amines) is 1. The molecule has 1 saturated heterocycles. The molecule has 0 aromatic heterocycles. The molecule has 2 nitrogen and oxygen atoms in total. The fourth-order valence-electron chi connectivity index (χ4n) is 1.81.